The predicted molar refractivity (Wildman–Crippen MR) is 83.3 cm³/mol. The third-order valence-corrected chi connectivity index (χ3v) is 3.25. The first-order valence-corrected chi connectivity index (χ1v) is 7.25. The molecule has 0 fully saturated rings. The maximum atomic E-state index is 2.36. The van der Waals surface area contributed by atoms with Crippen molar-refractivity contribution >= 4 is 0 Å². The van der Waals surface area contributed by atoms with Gasteiger partial charge in [-0.1, -0.05) is 57.5 Å². The molecule has 0 aliphatic rings. The van der Waals surface area contributed by atoms with E-state index in [-0.39, 0.29) is 0 Å². The topological polar surface area (TPSA) is 3.24 Å². The summed E-state index contributed by atoms with van der Waals surface area (Å²) in [6.45, 7) is 12.0. The first-order chi connectivity index (χ1) is 8.54. The van der Waals surface area contributed by atoms with Crippen LogP contribution in [0.1, 0.15) is 51.2 Å². The second-order valence-corrected chi connectivity index (χ2v) is 5.17. The van der Waals surface area contributed by atoms with E-state index in [0.717, 1.165) is 6.54 Å². The normalized spacial score (nSPS) is 13.8. The Kier molecular flexibility index (Phi) is 8.74. The van der Waals surface area contributed by atoms with Crippen LogP contribution in [0.15, 0.2) is 24.3 Å². The third-order valence-electron chi connectivity index (χ3n) is 3.25. The zero-order valence-corrected chi connectivity index (χ0v) is 13.3. The molecule has 0 aliphatic carbocycles. The number of rotatable bonds is 5. The molecule has 0 saturated carbocycles. The van der Waals surface area contributed by atoms with E-state index in [9.17, 15) is 0 Å². The minimum absolute atomic E-state index is 0.683. The van der Waals surface area contributed by atoms with Crippen LogP contribution < -0.4 is 0 Å². The van der Waals surface area contributed by atoms with Crippen LogP contribution >= 0.6 is 0 Å². The van der Waals surface area contributed by atoms with Crippen molar-refractivity contribution in [1.29, 1.82) is 0 Å². The second-order valence-electron chi connectivity index (χ2n) is 5.17. The number of hydrogen-bond acceptors (Lipinski definition) is 1. The molecule has 1 heteroatoms. The number of aryl methyl sites for hydroxylation is 1. The van der Waals surface area contributed by atoms with E-state index in [1.807, 2.05) is 13.8 Å². The van der Waals surface area contributed by atoms with E-state index in [1.165, 1.54) is 17.5 Å². The molecule has 0 heterocycles. The summed E-state index contributed by atoms with van der Waals surface area (Å²) in [5.41, 5.74) is 2.87. The Morgan fingerprint density at radius 2 is 1.78 bits per heavy atom. The minimum atomic E-state index is 0.683. The molecule has 1 aromatic carbocycles. The van der Waals surface area contributed by atoms with E-state index < -0.39 is 0 Å². The third kappa shape index (κ3) is 5.68. The molecule has 2 unspecified atom stereocenters. The SMILES string of the molecule is CC.CCC(c1cccc(C)c1)C(C)CN(C)C. The Morgan fingerprint density at radius 3 is 2.22 bits per heavy atom. The van der Waals surface area contributed by atoms with E-state index in [2.05, 4.69) is 64.0 Å². The Hall–Kier alpha value is -0.820. The van der Waals surface area contributed by atoms with Crippen LogP contribution in [0.2, 0.25) is 0 Å². The molecule has 0 radical (unpaired) electrons. The molecule has 1 aromatic rings. The van der Waals surface area contributed by atoms with Gasteiger partial charge < -0.3 is 4.90 Å². The average Bonchev–Trinajstić information content (AvgIpc) is 2.31. The van der Waals surface area contributed by atoms with Gasteiger partial charge in [-0.05, 0) is 44.8 Å². The van der Waals surface area contributed by atoms with Crippen molar-refractivity contribution in [3.05, 3.63) is 35.4 Å². The average molecular weight is 249 g/mol. The largest absolute Gasteiger partial charge is 0.309 e. The fraction of sp³-hybridized carbons (Fsp3) is 0.647. The summed E-state index contributed by atoms with van der Waals surface area (Å²) < 4.78 is 0. The van der Waals surface area contributed by atoms with Crippen molar-refractivity contribution in [2.75, 3.05) is 20.6 Å². The van der Waals surface area contributed by atoms with Crippen LogP contribution in [0.3, 0.4) is 0 Å². The van der Waals surface area contributed by atoms with Crippen molar-refractivity contribution in [1.82, 2.24) is 4.90 Å². The van der Waals surface area contributed by atoms with Gasteiger partial charge in [0.1, 0.15) is 0 Å². The van der Waals surface area contributed by atoms with Crippen LogP contribution in [-0.4, -0.2) is 25.5 Å². The Morgan fingerprint density at radius 1 is 1.17 bits per heavy atom. The molecule has 18 heavy (non-hydrogen) atoms. The maximum Gasteiger partial charge on any atom is 0.000676 e. The summed E-state index contributed by atoms with van der Waals surface area (Å²) in [7, 11) is 4.30. The van der Waals surface area contributed by atoms with Gasteiger partial charge >= 0.3 is 0 Å². The van der Waals surface area contributed by atoms with Gasteiger partial charge in [0.25, 0.3) is 0 Å². The van der Waals surface area contributed by atoms with Crippen molar-refractivity contribution in [2.24, 2.45) is 5.92 Å². The Balaban J connectivity index is 0.00000137. The lowest BCUT2D eigenvalue weighted by molar-refractivity contribution is 0.301. The van der Waals surface area contributed by atoms with E-state index >= 15 is 0 Å². The zero-order valence-electron chi connectivity index (χ0n) is 13.3. The summed E-state index contributed by atoms with van der Waals surface area (Å²) in [6, 6.07) is 8.95. The number of nitrogens with zero attached hydrogens (tertiary/aromatic N) is 1. The molecule has 104 valence electrons. The zero-order chi connectivity index (χ0) is 14.1. The first-order valence-electron chi connectivity index (χ1n) is 7.25. The smallest absolute Gasteiger partial charge is 0.000676 e. The molecular weight excluding hydrogens is 218 g/mol. The summed E-state index contributed by atoms with van der Waals surface area (Å²) in [6.07, 6.45) is 1.22. The van der Waals surface area contributed by atoms with Gasteiger partial charge in [-0.2, -0.15) is 0 Å². The summed E-state index contributed by atoms with van der Waals surface area (Å²) in [5.74, 6) is 1.39. The predicted octanol–water partition coefficient (Wildman–Crippen LogP) is 4.71. The highest BCUT2D eigenvalue weighted by Crippen LogP contribution is 2.28. The van der Waals surface area contributed by atoms with Crippen LogP contribution in [-0.2, 0) is 0 Å². The molecule has 0 amide bonds. The van der Waals surface area contributed by atoms with Gasteiger partial charge in [0.15, 0.2) is 0 Å². The van der Waals surface area contributed by atoms with Gasteiger partial charge in [0.05, 0.1) is 0 Å². The van der Waals surface area contributed by atoms with Gasteiger partial charge in [-0.15, -0.1) is 0 Å². The van der Waals surface area contributed by atoms with Gasteiger partial charge in [0, 0.05) is 6.54 Å². The lowest BCUT2D eigenvalue weighted by Crippen LogP contribution is -2.24. The van der Waals surface area contributed by atoms with Crippen molar-refractivity contribution < 1.29 is 0 Å². The highest BCUT2D eigenvalue weighted by Gasteiger charge is 2.17. The standard InChI is InChI=1S/C15H25N.C2H6/c1-6-15(13(3)11-16(4)5)14-9-7-8-12(2)10-14;1-2/h7-10,13,15H,6,11H2,1-5H3;1-2H3. The summed E-state index contributed by atoms with van der Waals surface area (Å²) in [4.78, 5) is 2.28. The lowest BCUT2D eigenvalue weighted by atomic mass is 9.84. The monoisotopic (exact) mass is 249 g/mol. The van der Waals surface area contributed by atoms with Crippen molar-refractivity contribution in [3.8, 4) is 0 Å². The van der Waals surface area contributed by atoms with E-state index in [1.54, 1.807) is 0 Å². The van der Waals surface area contributed by atoms with E-state index in [0.29, 0.717) is 11.8 Å². The molecule has 1 rings (SSSR count). The van der Waals surface area contributed by atoms with Crippen LogP contribution in [0, 0.1) is 12.8 Å². The molecule has 0 N–H and O–H groups in total. The summed E-state index contributed by atoms with van der Waals surface area (Å²) >= 11 is 0. The molecule has 1 nitrogen and oxygen atoms in total. The fourth-order valence-corrected chi connectivity index (χ4v) is 2.57. The van der Waals surface area contributed by atoms with Crippen LogP contribution in [0.4, 0.5) is 0 Å². The molecule has 2 atom stereocenters. The number of hydrogen-bond donors (Lipinski definition) is 0. The lowest BCUT2D eigenvalue weighted by Gasteiger charge is -2.26. The van der Waals surface area contributed by atoms with Gasteiger partial charge in [0.2, 0.25) is 0 Å². The molecule has 0 aromatic heterocycles. The quantitative estimate of drug-likeness (QED) is 0.730. The Bertz CT molecular complexity index is 317. The summed E-state index contributed by atoms with van der Waals surface area (Å²) in [5, 5.41) is 0. The van der Waals surface area contributed by atoms with E-state index in [4.69, 9.17) is 0 Å². The van der Waals surface area contributed by atoms with Crippen molar-refractivity contribution in [2.45, 2.75) is 47.0 Å². The van der Waals surface area contributed by atoms with Gasteiger partial charge in [-0.25, -0.2) is 0 Å². The molecule has 0 bridgehead atoms. The van der Waals surface area contributed by atoms with Crippen LogP contribution in [0.5, 0.6) is 0 Å². The number of benzene rings is 1. The van der Waals surface area contributed by atoms with Crippen molar-refractivity contribution in [3.63, 3.8) is 0 Å². The molecular formula is C17H31N. The molecule has 0 spiro atoms. The Labute approximate surface area is 114 Å². The fourth-order valence-electron chi connectivity index (χ4n) is 2.57. The van der Waals surface area contributed by atoms with Gasteiger partial charge in [-0.3, -0.25) is 0 Å². The molecule has 0 saturated heterocycles. The maximum absolute atomic E-state index is 2.36. The molecule has 0 aliphatic heterocycles. The highest BCUT2D eigenvalue weighted by atomic mass is 15.1. The first kappa shape index (κ1) is 17.2. The van der Waals surface area contributed by atoms with Crippen LogP contribution in [0.25, 0.3) is 0 Å². The minimum Gasteiger partial charge on any atom is -0.309 e. The second kappa shape index (κ2) is 9.16. The highest BCUT2D eigenvalue weighted by molar-refractivity contribution is 5.25.